The number of carbonyl (C=O) groups excluding carboxylic acids is 2. The Labute approximate surface area is 128 Å². The molecule has 118 valence electrons. The number of nitrogens with one attached hydrogen (secondary N) is 3. The van der Waals surface area contributed by atoms with Crippen LogP contribution in [-0.2, 0) is 27.7 Å². The fourth-order valence-corrected chi connectivity index (χ4v) is 3.85. The molecular weight excluding hydrogens is 306 g/mol. The molecular formula is C14H17N3O4S. The lowest BCUT2D eigenvalue weighted by atomic mass is 9.92. The van der Waals surface area contributed by atoms with Crippen molar-refractivity contribution in [3.8, 4) is 0 Å². The molecule has 1 unspecified atom stereocenters. The van der Waals surface area contributed by atoms with Crippen molar-refractivity contribution < 1.29 is 18.0 Å². The molecule has 3 N–H and O–H groups in total. The highest BCUT2D eigenvalue weighted by Crippen LogP contribution is 2.24. The molecule has 0 radical (unpaired) electrons. The average Bonchev–Trinajstić information content (AvgIpc) is 2.82. The zero-order valence-corrected chi connectivity index (χ0v) is 12.7. The molecule has 7 nitrogen and oxygen atoms in total. The van der Waals surface area contributed by atoms with Crippen molar-refractivity contribution in [3.63, 3.8) is 0 Å². The zero-order valence-electron chi connectivity index (χ0n) is 11.9. The van der Waals surface area contributed by atoms with Gasteiger partial charge in [0.15, 0.2) is 0 Å². The van der Waals surface area contributed by atoms with Gasteiger partial charge in [-0.2, -0.15) is 0 Å². The Balaban J connectivity index is 1.73. The van der Waals surface area contributed by atoms with Crippen LogP contribution in [0.4, 0.5) is 4.79 Å². The summed E-state index contributed by atoms with van der Waals surface area (Å²) in [5.41, 5.74) is 2.27. The predicted octanol–water partition coefficient (Wildman–Crippen LogP) is 0.0517. The molecule has 1 heterocycles. The molecule has 3 amide bonds. The van der Waals surface area contributed by atoms with Gasteiger partial charge in [-0.15, -0.1) is 0 Å². The van der Waals surface area contributed by atoms with Gasteiger partial charge in [0.05, 0.1) is 4.90 Å². The molecule has 0 bridgehead atoms. The third-order valence-corrected chi connectivity index (χ3v) is 5.39. The van der Waals surface area contributed by atoms with Gasteiger partial charge < -0.3 is 5.32 Å². The summed E-state index contributed by atoms with van der Waals surface area (Å²) in [7, 11) is -3.70. The van der Waals surface area contributed by atoms with E-state index in [-0.39, 0.29) is 11.4 Å². The molecule has 1 aliphatic carbocycles. The van der Waals surface area contributed by atoms with Gasteiger partial charge in [0.25, 0.3) is 5.91 Å². The highest BCUT2D eigenvalue weighted by molar-refractivity contribution is 7.89. The van der Waals surface area contributed by atoms with Crippen molar-refractivity contribution in [2.24, 2.45) is 0 Å². The molecule has 22 heavy (non-hydrogen) atoms. The quantitative estimate of drug-likeness (QED) is 0.681. The zero-order chi connectivity index (χ0) is 15.7. The normalized spacial score (nSPS) is 21.2. The highest BCUT2D eigenvalue weighted by atomic mass is 32.2. The fourth-order valence-electron chi connectivity index (χ4n) is 2.76. The molecule has 1 aromatic carbocycles. The van der Waals surface area contributed by atoms with Gasteiger partial charge in [-0.1, -0.05) is 6.07 Å². The molecule has 1 aromatic rings. The lowest BCUT2D eigenvalue weighted by Gasteiger charge is -2.17. The first-order valence-electron chi connectivity index (χ1n) is 7.18. The number of hydrogen-bond donors (Lipinski definition) is 3. The van der Waals surface area contributed by atoms with Crippen LogP contribution >= 0.6 is 0 Å². The second kappa shape index (κ2) is 5.69. The van der Waals surface area contributed by atoms with Gasteiger partial charge in [0.2, 0.25) is 10.0 Å². The Morgan fingerprint density at radius 3 is 2.55 bits per heavy atom. The second-order valence-corrected chi connectivity index (χ2v) is 7.27. The number of aryl methyl sites for hydroxylation is 2. The second-order valence-electron chi connectivity index (χ2n) is 5.50. The number of carbonyl (C=O) groups is 2. The first kappa shape index (κ1) is 15.0. The number of rotatable bonds is 4. The molecule has 8 heteroatoms. The van der Waals surface area contributed by atoms with Crippen LogP contribution in [0.5, 0.6) is 0 Å². The van der Waals surface area contributed by atoms with Crippen LogP contribution < -0.4 is 15.4 Å². The van der Waals surface area contributed by atoms with Gasteiger partial charge in [-0.25, -0.2) is 17.9 Å². The summed E-state index contributed by atoms with van der Waals surface area (Å²) in [5, 5.41) is 4.41. The fraction of sp³-hybridized carbons (Fsp3) is 0.429. The molecule has 0 spiro atoms. The van der Waals surface area contributed by atoms with Crippen molar-refractivity contribution in [1.29, 1.82) is 0 Å². The van der Waals surface area contributed by atoms with E-state index in [2.05, 4.69) is 15.4 Å². The van der Waals surface area contributed by atoms with Gasteiger partial charge in [0, 0.05) is 6.54 Å². The number of urea groups is 1. The summed E-state index contributed by atoms with van der Waals surface area (Å²) in [6.07, 6.45) is 4.07. The number of fused-ring (bicyclic) bond motifs is 1. The minimum atomic E-state index is -3.70. The summed E-state index contributed by atoms with van der Waals surface area (Å²) in [5.74, 6) is -0.529. The third-order valence-electron chi connectivity index (χ3n) is 3.97. The first-order chi connectivity index (χ1) is 10.5. The Morgan fingerprint density at radius 2 is 1.86 bits per heavy atom. The number of benzene rings is 1. The lowest BCUT2D eigenvalue weighted by Crippen LogP contribution is -2.41. The van der Waals surface area contributed by atoms with Crippen molar-refractivity contribution in [1.82, 2.24) is 15.4 Å². The number of sulfonamides is 1. The molecule has 1 fully saturated rings. The van der Waals surface area contributed by atoms with Gasteiger partial charge >= 0.3 is 6.03 Å². The van der Waals surface area contributed by atoms with E-state index in [9.17, 15) is 18.0 Å². The van der Waals surface area contributed by atoms with E-state index < -0.39 is 28.0 Å². The Morgan fingerprint density at radius 1 is 1.14 bits per heavy atom. The Bertz CT molecular complexity index is 730. The number of amides is 3. The van der Waals surface area contributed by atoms with E-state index in [1.807, 2.05) is 6.07 Å². The van der Waals surface area contributed by atoms with Gasteiger partial charge in [-0.05, 0) is 48.9 Å². The highest BCUT2D eigenvalue weighted by Gasteiger charge is 2.30. The maximum atomic E-state index is 12.3. The number of imide groups is 1. The van der Waals surface area contributed by atoms with Gasteiger partial charge in [-0.3, -0.25) is 10.1 Å². The molecule has 0 aromatic heterocycles. The van der Waals surface area contributed by atoms with Crippen molar-refractivity contribution in [2.75, 3.05) is 6.54 Å². The van der Waals surface area contributed by atoms with E-state index in [1.165, 1.54) is 5.56 Å². The van der Waals surface area contributed by atoms with Crippen LogP contribution in [0.15, 0.2) is 23.1 Å². The topological polar surface area (TPSA) is 104 Å². The molecule has 1 atom stereocenters. The Kier molecular flexibility index (Phi) is 3.88. The van der Waals surface area contributed by atoms with Crippen LogP contribution in [-0.4, -0.2) is 32.9 Å². The number of hydrogen-bond acceptors (Lipinski definition) is 4. The smallest absolute Gasteiger partial charge is 0.322 e. The summed E-state index contributed by atoms with van der Waals surface area (Å²) < 4.78 is 27.0. The standard InChI is InChI=1S/C14H17N3O4S/c18-13-12(16-14(19)17-13)8-15-22(20,21)11-6-5-9-3-1-2-4-10(9)7-11/h5-7,12,15H,1-4,8H2,(H2,16,17,18,19). The van der Waals surface area contributed by atoms with E-state index in [0.717, 1.165) is 31.2 Å². The van der Waals surface area contributed by atoms with E-state index in [0.29, 0.717) is 0 Å². The van der Waals surface area contributed by atoms with Crippen molar-refractivity contribution in [3.05, 3.63) is 29.3 Å². The molecule has 1 aliphatic heterocycles. The van der Waals surface area contributed by atoms with Gasteiger partial charge in [0.1, 0.15) is 6.04 Å². The molecule has 3 rings (SSSR count). The van der Waals surface area contributed by atoms with E-state index in [4.69, 9.17) is 0 Å². The predicted molar refractivity (Wildman–Crippen MR) is 78.7 cm³/mol. The maximum Gasteiger partial charge on any atom is 0.322 e. The third kappa shape index (κ3) is 2.97. The Hall–Kier alpha value is -1.93. The van der Waals surface area contributed by atoms with E-state index >= 15 is 0 Å². The van der Waals surface area contributed by atoms with E-state index in [1.54, 1.807) is 12.1 Å². The molecule has 1 saturated heterocycles. The maximum absolute atomic E-state index is 12.3. The lowest BCUT2D eigenvalue weighted by molar-refractivity contribution is -0.120. The summed E-state index contributed by atoms with van der Waals surface area (Å²) in [6, 6.07) is 3.65. The minimum absolute atomic E-state index is 0.170. The first-order valence-corrected chi connectivity index (χ1v) is 8.67. The SMILES string of the molecule is O=C1NC(=O)C(CNS(=O)(=O)c2ccc3c(c2)CCCC3)N1. The van der Waals surface area contributed by atoms with Crippen LogP contribution in [0.1, 0.15) is 24.0 Å². The van der Waals surface area contributed by atoms with Crippen LogP contribution in [0.2, 0.25) is 0 Å². The molecule has 0 saturated carbocycles. The minimum Gasteiger partial charge on any atom is -0.325 e. The summed E-state index contributed by atoms with van der Waals surface area (Å²) in [6.45, 7) is -0.170. The van der Waals surface area contributed by atoms with Crippen molar-refractivity contribution in [2.45, 2.75) is 36.6 Å². The van der Waals surface area contributed by atoms with Crippen molar-refractivity contribution >= 4 is 22.0 Å². The summed E-state index contributed by atoms with van der Waals surface area (Å²) >= 11 is 0. The summed E-state index contributed by atoms with van der Waals surface area (Å²) in [4.78, 5) is 22.6. The van der Waals surface area contributed by atoms with Crippen LogP contribution in [0, 0.1) is 0 Å². The van der Waals surface area contributed by atoms with Crippen LogP contribution in [0.25, 0.3) is 0 Å². The largest absolute Gasteiger partial charge is 0.325 e. The van der Waals surface area contributed by atoms with Crippen LogP contribution in [0.3, 0.4) is 0 Å². The monoisotopic (exact) mass is 323 g/mol. The molecule has 2 aliphatic rings. The average molecular weight is 323 g/mol.